The second-order valence-electron chi connectivity index (χ2n) is 6.03. The van der Waals surface area contributed by atoms with Crippen LogP contribution in [-0.4, -0.2) is 11.4 Å². The second kappa shape index (κ2) is 10.1. The van der Waals surface area contributed by atoms with E-state index < -0.39 is 0 Å². The van der Waals surface area contributed by atoms with Crippen LogP contribution in [0.15, 0.2) is 29.4 Å². The van der Waals surface area contributed by atoms with Gasteiger partial charge >= 0.3 is 6.07 Å². The average molecular weight is 340 g/mol. The number of aryl methyl sites for hydroxylation is 6. The maximum Gasteiger partial charge on any atom is 0.337 e. The van der Waals surface area contributed by atoms with Gasteiger partial charge in [-0.3, -0.25) is 0 Å². The summed E-state index contributed by atoms with van der Waals surface area (Å²) < 4.78 is 0. The fraction of sp³-hybridized carbons (Fsp3) is 0.333. The number of benzene rings is 2. The maximum absolute atomic E-state index is 10.0. The Labute approximate surface area is 151 Å². The molecule has 0 bridgehead atoms. The van der Waals surface area contributed by atoms with Crippen molar-refractivity contribution in [1.29, 1.82) is 0 Å². The van der Waals surface area contributed by atoms with Gasteiger partial charge in [0, 0.05) is 10.6 Å². The van der Waals surface area contributed by atoms with Crippen molar-refractivity contribution < 1.29 is 5.21 Å². The third-order valence-corrected chi connectivity index (χ3v) is 3.76. The standard InChI is InChI=1S/C10H13NO.C10H11NO.CH4/c2*1-7-4-8(2)10(6-11-12)9(3)5-7;/h4-6,12H,1-3H3;4-5H,1-3H3;1H4/b11-6+;;. The van der Waals surface area contributed by atoms with E-state index in [0.29, 0.717) is 0 Å². The lowest BCUT2D eigenvalue weighted by Crippen LogP contribution is -1.93. The van der Waals surface area contributed by atoms with Crippen molar-refractivity contribution in [2.24, 2.45) is 5.16 Å². The molecule has 2 aromatic carbocycles. The summed E-state index contributed by atoms with van der Waals surface area (Å²) in [4.78, 5) is 0. The van der Waals surface area contributed by atoms with Crippen LogP contribution >= 0.6 is 0 Å². The summed E-state index contributed by atoms with van der Waals surface area (Å²) >= 11 is 0. The molecule has 0 heterocycles. The highest BCUT2D eigenvalue weighted by Crippen LogP contribution is 2.15. The first-order chi connectivity index (χ1) is 11.3. The molecular weight excluding hydrogens is 312 g/mol. The number of nitrogens with zero attached hydrogens (tertiary/aromatic N) is 2. The molecule has 2 rings (SSSR count). The molecule has 0 saturated carbocycles. The van der Waals surface area contributed by atoms with Crippen molar-refractivity contribution in [2.75, 3.05) is 0 Å². The summed E-state index contributed by atoms with van der Waals surface area (Å²) in [6.45, 7) is 12.0. The van der Waals surface area contributed by atoms with Gasteiger partial charge in [0.1, 0.15) is 5.56 Å². The van der Waals surface area contributed by atoms with Gasteiger partial charge in [-0.25, -0.2) is 0 Å². The Morgan fingerprint density at radius 2 is 1.28 bits per heavy atom. The van der Waals surface area contributed by atoms with E-state index >= 15 is 0 Å². The Balaban J connectivity index is 0.000000443. The van der Waals surface area contributed by atoms with Crippen LogP contribution in [0.1, 0.15) is 51.9 Å². The first-order valence-corrected chi connectivity index (χ1v) is 7.71. The van der Waals surface area contributed by atoms with E-state index in [0.717, 1.165) is 33.4 Å². The zero-order chi connectivity index (χ0) is 18.3. The number of hydrogen-bond acceptors (Lipinski definition) is 3. The van der Waals surface area contributed by atoms with Crippen molar-refractivity contribution >= 4 is 6.21 Å². The Kier molecular flexibility index (Phi) is 9.01. The minimum Gasteiger partial charge on any atom is -0.498 e. The van der Waals surface area contributed by atoms with Gasteiger partial charge in [-0.1, -0.05) is 48.0 Å². The van der Waals surface area contributed by atoms with E-state index in [9.17, 15) is 5.21 Å². The van der Waals surface area contributed by atoms with Crippen LogP contribution in [0.5, 0.6) is 0 Å². The molecule has 0 spiro atoms. The molecule has 0 aliphatic carbocycles. The zero-order valence-corrected chi connectivity index (χ0v) is 15.1. The van der Waals surface area contributed by atoms with Crippen molar-refractivity contribution in [1.82, 2.24) is 0 Å². The van der Waals surface area contributed by atoms with E-state index in [4.69, 9.17) is 5.21 Å². The molecule has 1 N–H and O–H groups in total. The summed E-state index contributed by atoms with van der Waals surface area (Å²) in [6, 6.07) is 10.6. The fourth-order valence-corrected chi connectivity index (χ4v) is 2.85. The van der Waals surface area contributed by atoms with E-state index in [1.807, 2.05) is 46.8 Å². The van der Waals surface area contributed by atoms with Crippen molar-refractivity contribution in [3.8, 4) is 6.07 Å². The monoisotopic (exact) mass is 340 g/mol. The van der Waals surface area contributed by atoms with Crippen molar-refractivity contribution in [3.05, 3.63) is 79.0 Å². The Hall–Kier alpha value is -2.80. The number of rotatable bonds is 1. The van der Waals surface area contributed by atoms with Crippen LogP contribution in [-0.2, 0) is 0 Å². The molecule has 134 valence electrons. The Bertz CT molecular complexity index is 766. The zero-order valence-electron chi connectivity index (χ0n) is 15.1. The lowest BCUT2D eigenvalue weighted by atomic mass is 10.0. The molecule has 0 radical (unpaired) electrons. The minimum atomic E-state index is 0. The van der Waals surface area contributed by atoms with Gasteiger partial charge in [0.15, 0.2) is 0 Å². The predicted octanol–water partition coefficient (Wildman–Crippen LogP) is 5.85. The summed E-state index contributed by atoms with van der Waals surface area (Å²) in [6.07, 6.45) is 1.48. The molecule has 4 heteroatoms. The second-order valence-corrected chi connectivity index (χ2v) is 6.03. The Morgan fingerprint density at radius 3 is 1.64 bits per heavy atom. The van der Waals surface area contributed by atoms with E-state index in [-0.39, 0.29) is 7.43 Å². The highest BCUT2D eigenvalue weighted by molar-refractivity contribution is 5.83. The normalized spacial score (nSPS) is 9.52. The first kappa shape index (κ1) is 22.2. The topological polar surface area (TPSA) is 60.0 Å². The highest BCUT2D eigenvalue weighted by Gasteiger charge is 2.05. The van der Waals surface area contributed by atoms with Crippen molar-refractivity contribution in [3.63, 3.8) is 0 Å². The van der Waals surface area contributed by atoms with Gasteiger partial charge in [-0.15, -0.1) is 0 Å². The van der Waals surface area contributed by atoms with Crippen LogP contribution in [0, 0.1) is 52.8 Å². The van der Waals surface area contributed by atoms with Crippen LogP contribution in [0.3, 0.4) is 0 Å². The van der Waals surface area contributed by atoms with Crippen LogP contribution in [0.2, 0.25) is 0 Å². The minimum absolute atomic E-state index is 0. The van der Waals surface area contributed by atoms with Gasteiger partial charge < -0.3 is 10.4 Å². The SMILES string of the molecule is C.Cc1cc(C)c(/C=N/O)c(C)c1.Cc1cc(C)c(C#[N+][O-])c(C)c1. The summed E-state index contributed by atoms with van der Waals surface area (Å²) in [5, 5.41) is 24.1. The summed E-state index contributed by atoms with van der Waals surface area (Å²) in [5.74, 6) is 0. The fourth-order valence-electron chi connectivity index (χ4n) is 2.85. The highest BCUT2D eigenvalue weighted by atomic mass is 16.4. The smallest absolute Gasteiger partial charge is 0.337 e. The maximum atomic E-state index is 10.0. The molecule has 0 amide bonds. The van der Waals surface area contributed by atoms with E-state index in [1.165, 1.54) is 17.3 Å². The molecule has 0 fully saturated rings. The molecule has 0 saturated heterocycles. The third-order valence-electron chi connectivity index (χ3n) is 3.76. The lowest BCUT2D eigenvalue weighted by Gasteiger charge is -2.05. The van der Waals surface area contributed by atoms with E-state index in [2.05, 4.69) is 35.3 Å². The van der Waals surface area contributed by atoms with E-state index in [1.54, 1.807) is 0 Å². The molecular formula is C21H28N2O2. The van der Waals surface area contributed by atoms with Gasteiger partial charge in [0.25, 0.3) is 0 Å². The first-order valence-electron chi connectivity index (χ1n) is 7.71. The quantitative estimate of drug-likeness (QED) is 0.402. The number of hydrogen-bond donors (Lipinski definition) is 1. The molecule has 0 aliphatic rings. The predicted molar refractivity (Wildman–Crippen MR) is 107 cm³/mol. The van der Waals surface area contributed by atoms with Crippen LogP contribution in [0.25, 0.3) is 5.01 Å². The van der Waals surface area contributed by atoms with Gasteiger partial charge in [-0.05, 0) is 63.8 Å². The van der Waals surface area contributed by atoms with Crippen molar-refractivity contribution in [2.45, 2.75) is 49.0 Å². The molecule has 25 heavy (non-hydrogen) atoms. The van der Waals surface area contributed by atoms with Gasteiger partial charge in [-0.2, -0.15) is 0 Å². The average Bonchev–Trinajstić information content (AvgIpc) is 2.47. The molecule has 0 aromatic heterocycles. The molecule has 4 nitrogen and oxygen atoms in total. The van der Waals surface area contributed by atoms with Gasteiger partial charge in [0.05, 0.1) is 6.21 Å². The van der Waals surface area contributed by atoms with Crippen LogP contribution in [0.4, 0.5) is 0 Å². The summed E-state index contributed by atoms with van der Waals surface area (Å²) in [7, 11) is 0. The van der Waals surface area contributed by atoms with Gasteiger partial charge in [0.2, 0.25) is 0 Å². The third kappa shape index (κ3) is 6.31. The molecule has 0 unspecified atom stereocenters. The summed E-state index contributed by atoms with van der Waals surface area (Å²) in [5.41, 5.74) is 8.63. The largest absolute Gasteiger partial charge is 0.498 e. The van der Waals surface area contributed by atoms with Crippen LogP contribution < -0.4 is 0 Å². The number of oxime groups is 1. The molecule has 2 aromatic rings. The molecule has 0 aliphatic heterocycles. The molecule has 0 atom stereocenters. The Morgan fingerprint density at radius 1 is 0.880 bits per heavy atom. The lowest BCUT2D eigenvalue weighted by molar-refractivity contribution is 0.322.